The van der Waals surface area contributed by atoms with Crippen molar-refractivity contribution in [3.63, 3.8) is 0 Å². The quantitative estimate of drug-likeness (QED) is 0.652. The predicted molar refractivity (Wildman–Crippen MR) is 118 cm³/mol. The first kappa shape index (κ1) is 22.3. The Morgan fingerprint density at radius 2 is 1.87 bits per heavy atom. The summed E-state index contributed by atoms with van der Waals surface area (Å²) in [7, 11) is -3.80. The highest BCUT2D eigenvalue weighted by molar-refractivity contribution is 7.89. The number of hydrogen-bond donors (Lipinski definition) is 2. The summed E-state index contributed by atoms with van der Waals surface area (Å²) in [6, 6.07) is 8.65. The van der Waals surface area contributed by atoms with Gasteiger partial charge >= 0.3 is 0 Å². The Balaban J connectivity index is 1.49. The number of amides is 1. The summed E-state index contributed by atoms with van der Waals surface area (Å²) in [5, 5.41) is 0.596. The van der Waals surface area contributed by atoms with Crippen LogP contribution in [0.5, 0.6) is 0 Å². The summed E-state index contributed by atoms with van der Waals surface area (Å²) in [5.41, 5.74) is 1.16. The van der Waals surface area contributed by atoms with Crippen molar-refractivity contribution in [1.82, 2.24) is 19.5 Å². The van der Waals surface area contributed by atoms with Gasteiger partial charge in [-0.05, 0) is 30.5 Å². The number of hydrogen-bond acceptors (Lipinski definition) is 5. The Bertz CT molecular complexity index is 1010. The summed E-state index contributed by atoms with van der Waals surface area (Å²) in [6.45, 7) is 4.13. The fourth-order valence-corrected chi connectivity index (χ4v) is 5.38. The van der Waals surface area contributed by atoms with Gasteiger partial charge in [-0.3, -0.25) is 9.69 Å². The van der Waals surface area contributed by atoms with Crippen LogP contribution in [0.25, 0.3) is 0 Å². The molecule has 3 heterocycles. The van der Waals surface area contributed by atoms with Gasteiger partial charge in [0.15, 0.2) is 0 Å². The minimum atomic E-state index is -3.80. The van der Waals surface area contributed by atoms with Crippen LogP contribution in [0, 0.1) is 0 Å². The number of halogens is 1. The van der Waals surface area contributed by atoms with Gasteiger partial charge in [0.1, 0.15) is 10.6 Å². The van der Waals surface area contributed by atoms with E-state index in [-0.39, 0.29) is 29.1 Å². The summed E-state index contributed by atoms with van der Waals surface area (Å²) in [4.78, 5) is 19.3. The first-order valence-electron chi connectivity index (χ1n) is 10.5. The van der Waals surface area contributed by atoms with E-state index in [0.717, 1.165) is 18.4 Å². The molecule has 31 heavy (non-hydrogen) atoms. The van der Waals surface area contributed by atoms with E-state index in [9.17, 15) is 13.2 Å². The average Bonchev–Trinajstić information content (AvgIpc) is 3.48. The number of benzene rings is 1. The molecule has 2 saturated heterocycles. The maximum absolute atomic E-state index is 13.0. The fourth-order valence-electron chi connectivity index (χ4n) is 4.09. The molecule has 1 amide bonds. The lowest BCUT2D eigenvalue weighted by Crippen LogP contribution is -2.43. The number of carbonyl (C=O) groups is 1. The number of H-pyrrole nitrogens is 1. The van der Waals surface area contributed by atoms with E-state index in [0.29, 0.717) is 44.4 Å². The minimum absolute atomic E-state index is 0.0509. The molecule has 8 nitrogen and oxygen atoms in total. The summed E-state index contributed by atoms with van der Waals surface area (Å²) in [5.74, 6) is -0.166. The van der Waals surface area contributed by atoms with Crippen LogP contribution in [-0.2, 0) is 14.8 Å². The maximum atomic E-state index is 13.0. The van der Waals surface area contributed by atoms with Crippen molar-refractivity contribution in [2.24, 2.45) is 0 Å². The van der Waals surface area contributed by atoms with E-state index < -0.39 is 10.0 Å². The number of aromatic nitrogens is 1. The summed E-state index contributed by atoms with van der Waals surface area (Å²) in [6.07, 6.45) is 3.32. The van der Waals surface area contributed by atoms with Crippen LogP contribution in [0.15, 0.2) is 41.4 Å². The Morgan fingerprint density at radius 1 is 1.16 bits per heavy atom. The van der Waals surface area contributed by atoms with E-state index in [4.69, 9.17) is 16.3 Å². The number of nitrogens with one attached hydrogen (secondary N) is 2. The van der Waals surface area contributed by atoms with Gasteiger partial charge in [-0.2, -0.15) is 0 Å². The molecule has 168 valence electrons. The lowest BCUT2D eigenvalue weighted by molar-refractivity contribution is 0.0172. The van der Waals surface area contributed by atoms with Crippen LogP contribution in [0.4, 0.5) is 0 Å². The number of aromatic amines is 1. The smallest absolute Gasteiger partial charge is 0.270 e. The predicted octanol–water partition coefficient (Wildman–Crippen LogP) is 2.26. The third kappa shape index (κ3) is 5.12. The summed E-state index contributed by atoms with van der Waals surface area (Å²) >= 11 is 6.42. The first-order chi connectivity index (χ1) is 15.0. The largest absolute Gasteiger partial charge is 0.379 e. The van der Waals surface area contributed by atoms with E-state index in [1.807, 2.05) is 18.2 Å². The second-order valence-electron chi connectivity index (χ2n) is 7.79. The zero-order chi connectivity index (χ0) is 21.8. The van der Waals surface area contributed by atoms with E-state index in [1.165, 1.54) is 12.3 Å². The molecule has 0 bridgehead atoms. The van der Waals surface area contributed by atoms with Crippen LogP contribution < -0.4 is 4.72 Å². The highest BCUT2D eigenvalue weighted by Gasteiger charge is 2.28. The Hall–Kier alpha value is -1.91. The van der Waals surface area contributed by atoms with Crippen LogP contribution in [-0.4, -0.2) is 75.0 Å². The number of rotatable bonds is 7. The van der Waals surface area contributed by atoms with E-state index in [2.05, 4.69) is 14.6 Å². The van der Waals surface area contributed by atoms with Gasteiger partial charge in [-0.25, -0.2) is 13.1 Å². The van der Waals surface area contributed by atoms with Crippen LogP contribution in [0.1, 0.15) is 34.9 Å². The average molecular weight is 467 g/mol. The molecule has 4 rings (SSSR count). The molecule has 0 aliphatic carbocycles. The number of ether oxygens (including phenoxy) is 1. The zero-order valence-electron chi connectivity index (χ0n) is 17.2. The Kier molecular flexibility index (Phi) is 6.98. The molecule has 0 radical (unpaired) electrons. The highest BCUT2D eigenvalue weighted by atomic mass is 35.5. The Morgan fingerprint density at radius 3 is 2.58 bits per heavy atom. The van der Waals surface area contributed by atoms with Gasteiger partial charge in [-0.1, -0.05) is 29.8 Å². The molecule has 1 aromatic heterocycles. The van der Waals surface area contributed by atoms with E-state index in [1.54, 1.807) is 11.0 Å². The van der Waals surface area contributed by atoms with Gasteiger partial charge in [0.05, 0.1) is 13.2 Å². The van der Waals surface area contributed by atoms with Gasteiger partial charge in [0.25, 0.3) is 5.91 Å². The number of sulfonamides is 1. The van der Waals surface area contributed by atoms with Crippen molar-refractivity contribution in [3.05, 3.63) is 52.8 Å². The van der Waals surface area contributed by atoms with Crippen LogP contribution in [0.3, 0.4) is 0 Å². The number of morpholine rings is 1. The van der Waals surface area contributed by atoms with Crippen LogP contribution in [0.2, 0.25) is 5.02 Å². The molecular formula is C21H27ClN4O4S. The van der Waals surface area contributed by atoms with Gasteiger partial charge in [0, 0.05) is 50.0 Å². The van der Waals surface area contributed by atoms with E-state index >= 15 is 0 Å². The molecule has 2 N–H and O–H groups in total. The fraction of sp³-hybridized carbons (Fsp3) is 0.476. The number of carbonyl (C=O) groups excluding carboxylic acids is 1. The minimum Gasteiger partial charge on any atom is -0.379 e. The molecule has 2 aliphatic heterocycles. The van der Waals surface area contributed by atoms with Crippen molar-refractivity contribution in [1.29, 1.82) is 0 Å². The summed E-state index contributed by atoms with van der Waals surface area (Å²) < 4.78 is 34.1. The van der Waals surface area contributed by atoms with Crippen molar-refractivity contribution < 1.29 is 17.9 Å². The monoisotopic (exact) mass is 466 g/mol. The lowest BCUT2D eigenvalue weighted by atomic mass is 10.0. The van der Waals surface area contributed by atoms with Crippen molar-refractivity contribution in [3.8, 4) is 0 Å². The number of nitrogens with zero attached hydrogens (tertiary/aromatic N) is 2. The molecule has 1 unspecified atom stereocenters. The third-order valence-corrected chi connectivity index (χ3v) is 7.56. The zero-order valence-corrected chi connectivity index (χ0v) is 18.8. The molecule has 0 saturated carbocycles. The standard InChI is InChI=1S/C21H27ClN4O4S/c22-18-6-2-1-5-17(18)20(25-9-11-30-12-10-25)15-24-31(28,29)16-13-19(23-14-16)21(27)26-7-3-4-8-26/h1-2,5-6,13-14,20,23-24H,3-4,7-12,15H2. The van der Waals surface area contributed by atoms with Gasteiger partial charge in [0.2, 0.25) is 10.0 Å². The van der Waals surface area contributed by atoms with Crippen molar-refractivity contribution >= 4 is 27.5 Å². The topological polar surface area (TPSA) is 94.7 Å². The second kappa shape index (κ2) is 9.70. The van der Waals surface area contributed by atoms with Gasteiger partial charge in [-0.15, -0.1) is 0 Å². The molecular weight excluding hydrogens is 440 g/mol. The molecule has 2 fully saturated rings. The first-order valence-corrected chi connectivity index (χ1v) is 12.4. The molecule has 0 spiro atoms. The molecule has 1 atom stereocenters. The maximum Gasteiger partial charge on any atom is 0.270 e. The van der Waals surface area contributed by atoms with Gasteiger partial charge < -0.3 is 14.6 Å². The SMILES string of the molecule is O=C(c1cc(S(=O)(=O)NCC(c2ccccc2Cl)N2CCOCC2)c[nH]1)N1CCCC1. The normalized spacial score (nSPS) is 18.9. The third-order valence-electron chi connectivity index (χ3n) is 5.81. The van der Waals surface area contributed by atoms with Crippen molar-refractivity contribution in [2.45, 2.75) is 23.8 Å². The second-order valence-corrected chi connectivity index (χ2v) is 9.96. The molecule has 2 aliphatic rings. The molecule has 1 aromatic carbocycles. The van der Waals surface area contributed by atoms with Crippen LogP contribution >= 0.6 is 11.6 Å². The molecule has 10 heteroatoms. The molecule has 2 aromatic rings. The number of likely N-dealkylation sites (tertiary alicyclic amines) is 1. The van der Waals surface area contributed by atoms with Crippen molar-refractivity contribution in [2.75, 3.05) is 45.9 Å². The lowest BCUT2D eigenvalue weighted by Gasteiger charge is -2.35. The highest BCUT2D eigenvalue weighted by Crippen LogP contribution is 2.28. The Labute approximate surface area is 187 Å².